The van der Waals surface area contributed by atoms with Crippen LogP contribution in [-0.2, 0) is 11.2 Å². The van der Waals surface area contributed by atoms with E-state index in [4.69, 9.17) is 4.74 Å². The highest BCUT2D eigenvalue weighted by Gasteiger charge is 2.11. The quantitative estimate of drug-likeness (QED) is 0.770. The van der Waals surface area contributed by atoms with Crippen molar-refractivity contribution in [2.24, 2.45) is 0 Å². The SMILES string of the molecule is COc1ccc(C)cc1NC(=O)Cc1csc(-c2cccnc2)n1. The summed E-state index contributed by atoms with van der Waals surface area (Å²) in [6.45, 7) is 1.97. The molecule has 0 saturated heterocycles. The molecule has 2 heterocycles. The standard InChI is InChI=1S/C18H17N3O2S/c1-12-5-6-16(23-2)15(8-12)21-17(22)9-14-11-24-18(20-14)13-4-3-7-19-10-13/h3-8,10-11H,9H2,1-2H3,(H,21,22). The average Bonchev–Trinajstić information content (AvgIpc) is 3.04. The molecule has 6 heteroatoms. The molecule has 24 heavy (non-hydrogen) atoms. The Hall–Kier alpha value is -2.73. The van der Waals surface area contributed by atoms with Crippen LogP contribution in [0.5, 0.6) is 5.75 Å². The molecule has 0 spiro atoms. The summed E-state index contributed by atoms with van der Waals surface area (Å²) in [7, 11) is 1.58. The second kappa shape index (κ2) is 7.23. The van der Waals surface area contributed by atoms with Gasteiger partial charge in [-0.2, -0.15) is 0 Å². The number of nitrogens with one attached hydrogen (secondary N) is 1. The zero-order valence-corrected chi connectivity index (χ0v) is 14.3. The predicted octanol–water partition coefficient (Wildman–Crippen LogP) is 3.70. The summed E-state index contributed by atoms with van der Waals surface area (Å²) >= 11 is 1.51. The summed E-state index contributed by atoms with van der Waals surface area (Å²) < 4.78 is 5.28. The van der Waals surface area contributed by atoms with Crippen molar-refractivity contribution in [3.63, 3.8) is 0 Å². The second-order valence-electron chi connectivity index (χ2n) is 5.31. The molecule has 5 nitrogen and oxygen atoms in total. The first-order chi connectivity index (χ1) is 11.7. The molecule has 0 aliphatic carbocycles. The first kappa shape index (κ1) is 16.1. The van der Waals surface area contributed by atoms with Crippen molar-refractivity contribution in [3.05, 3.63) is 59.4 Å². The predicted molar refractivity (Wildman–Crippen MR) is 95.4 cm³/mol. The number of pyridine rings is 1. The molecule has 0 bridgehead atoms. The van der Waals surface area contributed by atoms with E-state index in [-0.39, 0.29) is 12.3 Å². The minimum atomic E-state index is -0.123. The lowest BCUT2D eigenvalue weighted by atomic mass is 10.2. The van der Waals surface area contributed by atoms with Gasteiger partial charge in [0.2, 0.25) is 5.91 Å². The molecular weight excluding hydrogens is 322 g/mol. The lowest BCUT2D eigenvalue weighted by molar-refractivity contribution is -0.115. The van der Waals surface area contributed by atoms with Crippen LogP contribution in [0.2, 0.25) is 0 Å². The van der Waals surface area contributed by atoms with Crippen molar-refractivity contribution >= 4 is 22.9 Å². The molecule has 2 aromatic heterocycles. The van der Waals surface area contributed by atoms with Crippen LogP contribution in [0.15, 0.2) is 48.1 Å². The van der Waals surface area contributed by atoms with Gasteiger partial charge in [-0.3, -0.25) is 9.78 Å². The number of amides is 1. The van der Waals surface area contributed by atoms with Crippen molar-refractivity contribution in [1.82, 2.24) is 9.97 Å². The Morgan fingerprint density at radius 2 is 2.21 bits per heavy atom. The molecule has 122 valence electrons. The van der Waals surface area contributed by atoms with E-state index in [0.717, 1.165) is 21.8 Å². The number of hydrogen-bond acceptors (Lipinski definition) is 5. The fraction of sp³-hybridized carbons (Fsp3) is 0.167. The highest BCUT2D eigenvalue weighted by atomic mass is 32.1. The van der Waals surface area contributed by atoms with Gasteiger partial charge in [-0.25, -0.2) is 4.98 Å². The summed E-state index contributed by atoms with van der Waals surface area (Å²) in [5.74, 6) is 0.519. The van der Waals surface area contributed by atoms with Gasteiger partial charge in [-0.15, -0.1) is 11.3 Å². The number of methoxy groups -OCH3 is 1. The summed E-state index contributed by atoms with van der Waals surface area (Å²) in [6, 6.07) is 9.49. The zero-order valence-electron chi connectivity index (χ0n) is 13.4. The Morgan fingerprint density at radius 3 is 2.96 bits per heavy atom. The number of benzene rings is 1. The maximum atomic E-state index is 12.3. The van der Waals surface area contributed by atoms with E-state index in [0.29, 0.717) is 11.4 Å². The normalized spacial score (nSPS) is 10.4. The molecule has 0 saturated carbocycles. The third-order valence-electron chi connectivity index (χ3n) is 3.43. The number of rotatable bonds is 5. The van der Waals surface area contributed by atoms with Crippen molar-refractivity contribution in [2.75, 3.05) is 12.4 Å². The molecule has 1 amide bonds. The van der Waals surface area contributed by atoms with Crippen LogP contribution in [0.3, 0.4) is 0 Å². The van der Waals surface area contributed by atoms with Crippen molar-refractivity contribution < 1.29 is 9.53 Å². The number of carbonyl (C=O) groups excluding carboxylic acids is 1. The summed E-state index contributed by atoms with van der Waals surface area (Å²) in [5, 5.41) is 5.65. The molecule has 3 rings (SSSR count). The van der Waals surface area contributed by atoms with Gasteiger partial charge >= 0.3 is 0 Å². The maximum absolute atomic E-state index is 12.3. The fourth-order valence-corrected chi connectivity index (χ4v) is 3.10. The van der Waals surface area contributed by atoms with Gasteiger partial charge in [-0.1, -0.05) is 6.07 Å². The van der Waals surface area contributed by atoms with Gasteiger partial charge in [0.1, 0.15) is 10.8 Å². The van der Waals surface area contributed by atoms with Gasteiger partial charge in [0.05, 0.1) is 24.9 Å². The lowest BCUT2D eigenvalue weighted by Crippen LogP contribution is -2.15. The van der Waals surface area contributed by atoms with Crippen LogP contribution < -0.4 is 10.1 Å². The monoisotopic (exact) mass is 339 g/mol. The smallest absolute Gasteiger partial charge is 0.230 e. The molecule has 3 aromatic rings. The Bertz CT molecular complexity index is 846. The molecule has 0 unspecified atom stereocenters. The highest BCUT2D eigenvalue weighted by molar-refractivity contribution is 7.13. The molecule has 0 aliphatic heterocycles. The summed E-state index contributed by atoms with van der Waals surface area (Å²) in [5.41, 5.74) is 3.42. The number of thiazole rings is 1. The second-order valence-corrected chi connectivity index (χ2v) is 6.17. The zero-order chi connectivity index (χ0) is 16.9. The average molecular weight is 339 g/mol. The Balaban J connectivity index is 1.70. The van der Waals surface area contributed by atoms with Crippen LogP contribution in [-0.4, -0.2) is 23.0 Å². The van der Waals surface area contributed by atoms with Gasteiger partial charge in [0.15, 0.2) is 0 Å². The van der Waals surface area contributed by atoms with Gasteiger partial charge < -0.3 is 10.1 Å². The number of carbonyl (C=O) groups is 1. The maximum Gasteiger partial charge on any atom is 0.230 e. The van der Waals surface area contributed by atoms with Crippen molar-refractivity contribution in [1.29, 1.82) is 0 Å². The molecule has 0 fully saturated rings. The van der Waals surface area contributed by atoms with Gasteiger partial charge in [-0.05, 0) is 36.8 Å². The molecule has 0 radical (unpaired) electrons. The van der Waals surface area contributed by atoms with Gasteiger partial charge in [0, 0.05) is 23.3 Å². The van der Waals surface area contributed by atoms with Crippen LogP contribution in [0.25, 0.3) is 10.6 Å². The molecular formula is C18H17N3O2S. The number of aromatic nitrogens is 2. The Kier molecular flexibility index (Phi) is 4.86. The fourth-order valence-electron chi connectivity index (χ4n) is 2.29. The number of anilines is 1. The molecule has 1 aromatic carbocycles. The number of ether oxygens (including phenoxy) is 1. The summed E-state index contributed by atoms with van der Waals surface area (Å²) in [6.07, 6.45) is 3.70. The minimum Gasteiger partial charge on any atom is -0.495 e. The van der Waals surface area contributed by atoms with E-state index in [1.54, 1.807) is 19.5 Å². The molecule has 1 N–H and O–H groups in total. The number of aryl methyl sites for hydroxylation is 1. The van der Waals surface area contributed by atoms with Crippen molar-refractivity contribution in [2.45, 2.75) is 13.3 Å². The first-order valence-corrected chi connectivity index (χ1v) is 8.33. The minimum absolute atomic E-state index is 0.123. The third kappa shape index (κ3) is 3.78. The highest BCUT2D eigenvalue weighted by Crippen LogP contribution is 2.26. The van der Waals surface area contributed by atoms with Crippen LogP contribution in [0.4, 0.5) is 5.69 Å². The number of hydrogen-bond donors (Lipinski definition) is 1. The molecule has 0 atom stereocenters. The van der Waals surface area contributed by atoms with Crippen molar-refractivity contribution in [3.8, 4) is 16.3 Å². The van der Waals surface area contributed by atoms with Crippen LogP contribution in [0, 0.1) is 6.92 Å². The Labute approximate surface area is 144 Å². The lowest BCUT2D eigenvalue weighted by Gasteiger charge is -2.10. The van der Waals surface area contributed by atoms with E-state index in [9.17, 15) is 4.79 Å². The summed E-state index contributed by atoms with van der Waals surface area (Å²) in [4.78, 5) is 20.9. The number of nitrogens with zero attached hydrogens (tertiary/aromatic N) is 2. The van der Waals surface area contributed by atoms with E-state index >= 15 is 0 Å². The van der Waals surface area contributed by atoms with Crippen LogP contribution >= 0.6 is 11.3 Å². The van der Waals surface area contributed by atoms with Gasteiger partial charge in [0.25, 0.3) is 0 Å². The largest absolute Gasteiger partial charge is 0.495 e. The first-order valence-electron chi connectivity index (χ1n) is 7.45. The van der Waals surface area contributed by atoms with E-state index in [1.165, 1.54) is 11.3 Å². The Morgan fingerprint density at radius 1 is 1.33 bits per heavy atom. The van der Waals surface area contributed by atoms with E-state index in [1.807, 2.05) is 42.6 Å². The molecule has 0 aliphatic rings. The van der Waals surface area contributed by atoms with E-state index < -0.39 is 0 Å². The van der Waals surface area contributed by atoms with E-state index in [2.05, 4.69) is 15.3 Å². The topological polar surface area (TPSA) is 64.1 Å². The van der Waals surface area contributed by atoms with Crippen LogP contribution in [0.1, 0.15) is 11.3 Å². The third-order valence-corrected chi connectivity index (χ3v) is 4.37.